The SMILES string of the molecule is CCc1c(N2C(=O)C(C)(OC(C)=O)N(c3ccc(C(=O)NC)c(F)c3)C2=S)ccc(C#N)c1C(F)(F)F. The summed E-state index contributed by atoms with van der Waals surface area (Å²) in [5.41, 5.74) is -5.14. The molecule has 1 aliphatic rings. The molecule has 1 heterocycles. The molecule has 13 heteroatoms. The van der Waals surface area contributed by atoms with Crippen LogP contribution >= 0.6 is 12.2 Å². The Morgan fingerprint density at radius 1 is 1.24 bits per heavy atom. The maximum atomic E-state index is 14.8. The van der Waals surface area contributed by atoms with Crippen molar-refractivity contribution >= 4 is 46.5 Å². The lowest BCUT2D eigenvalue weighted by Gasteiger charge is -2.31. The van der Waals surface area contributed by atoms with Crippen molar-refractivity contribution in [3.8, 4) is 6.07 Å². The Labute approximate surface area is 214 Å². The molecule has 0 saturated carbocycles. The minimum absolute atomic E-state index is 0.0995. The Bertz CT molecular complexity index is 1370. The fourth-order valence-electron chi connectivity index (χ4n) is 4.19. The molecule has 2 aromatic carbocycles. The summed E-state index contributed by atoms with van der Waals surface area (Å²) in [6.45, 7) is 3.58. The number of esters is 1. The molecule has 0 aromatic heterocycles. The summed E-state index contributed by atoms with van der Waals surface area (Å²) in [7, 11) is 1.30. The van der Waals surface area contributed by atoms with E-state index < -0.39 is 51.7 Å². The topological polar surface area (TPSA) is 103 Å². The van der Waals surface area contributed by atoms with Gasteiger partial charge in [-0.05, 0) is 54.5 Å². The minimum atomic E-state index is -4.92. The fourth-order valence-corrected chi connectivity index (χ4v) is 4.65. The first kappa shape index (κ1) is 27.5. The van der Waals surface area contributed by atoms with Gasteiger partial charge in [0, 0.05) is 20.9 Å². The first-order valence-electron chi connectivity index (χ1n) is 10.8. The molecule has 8 nitrogen and oxygen atoms in total. The number of nitriles is 1. The lowest BCUT2D eigenvalue weighted by Crippen LogP contribution is -2.50. The zero-order valence-corrected chi connectivity index (χ0v) is 20.8. The summed E-state index contributed by atoms with van der Waals surface area (Å²) in [4.78, 5) is 39.2. The molecule has 1 aliphatic heterocycles. The monoisotopic (exact) mass is 536 g/mol. The predicted octanol–water partition coefficient (Wildman–Crippen LogP) is 4.06. The van der Waals surface area contributed by atoms with Crippen molar-refractivity contribution in [3.05, 3.63) is 58.4 Å². The second kappa shape index (κ2) is 9.78. The molecular formula is C24H20F4N4O4S. The van der Waals surface area contributed by atoms with Crippen LogP contribution in [0.5, 0.6) is 0 Å². The molecule has 2 amide bonds. The number of hydrogen-bond donors (Lipinski definition) is 1. The van der Waals surface area contributed by atoms with Crippen LogP contribution in [-0.4, -0.2) is 35.7 Å². The van der Waals surface area contributed by atoms with Crippen LogP contribution in [0, 0.1) is 17.1 Å². The smallest absolute Gasteiger partial charge is 0.418 e. The number of rotatable bonds is 5. The van der Waals surface area contributed by atoms with Gasteiger partial charge in [0.25, 0.3) is 17.5 Å². The van der Waals surface area contributed by atoms with E-state index in [4.69, 9.17) is 17.0 Å². The quantitative estimate of drug-likeness (QED) is 0.349. The molecule has 0 aliphatic carbocycles. The second-order valence-corrected chi connectivity index (χ2v) is 8.39. The molecule has 3 rings (SSSR count). The third kappa shape index (κ3) is 4.60. The normalized spacial score (nSPS) is 17.6. The van der Waals surface area contributed by atoms with E-state index in [0.717, 1.165) is 47.9 Å². The highest BCUT2D eigenvalue weighted by Gasteiger charge is 2.57. The highest BCUT2D eigenvalue weighted by atomic mass is 32.1. The minimum Gasteiger partial charge on any atom is -0.429 e. The summed E-state index contributed by atoms with van der Waals surface area (Å²) in [5, 5.41) is 11.1. The number of carbonyl (C=O) groups excluding carboxylic acids is 3. The molecule has 0 bridgehead atoms. The van der Waals surface area contributed by atoms with E-state index in [1.54, 1.807) is 0 Å². The number of alkyl halides is 3. The van der Waals surface area contributed by atoms with E-state index >= 15 is 0 Å². The van der Waals surface area contributed by atoms with Crippen molar-refractivity contribution in [1.82, 2.24) is 5.32 Å². The number of nitrogens with one attached hydrogen (secondary N) is 1. The standard InChI is InChI=1S/C24H20F4N4O4S/c1-5-15-18(9-6-13(11-29)19(15)24(26,27)28)31-21(35)23(3,36-12(2)33)32(22(31)37)14-7-8-16(17(25)10-14)20(34)30-4/h6-10H,5H2,1-4H3,(H,30,34). The first-order chi connectivity index (χ1) is 17.2. The van der Waals surface area contributed by atoms with Crippen LogP contribution in [0.2, 0.25) is 0 Å². The third-order valence-corrected chi connectivity index (χ3v) is 6.09. The van der Waals surface area contributed by atoms with Crippen molar-refractivity contribution in [2.75, 3.05) is 16.8 Å². The van der Waals surface area contributed by atoms with E-state index in [1.807, 2.05) is 0 Å². The molecule has 0 radical (unpaired) electrons. The van der Waals surface area contributed by atoms with Crippen molar-refractivity contribution < 1.29 is 36.7 Å². The molecule has 194 valence electrons. The average Bonchev–Trinajstić information content (AvgIpc) is 3.00. The van der Waals surface area contributed by atoms with Gasteiger partial charge in [-0.2, -0.15) is 18.4 Å². The summed E-state index contributed by atoms with van der Waals surface area (Å²) >= 11 is 5.45. The van der Waals surface area contributed by atoms with Gasteiger partial charge in [-0.25, -0.2) is 4.39 Å². The van der Waals surface area contributed by atoms with Crippen LogP contribution in [0.1, 0.15) is 47.8 Å². The number of benzene rings is 2. The van der Waals surface area contributed by atoms with Crippen molar-refractivity contribution in [3.63, 3.8) is 0 Å². The predicted molar refractivity (Wildman–Crippen MR) is 128 cm³/mol. The van der Waals surface area contributed by atoms with Crippen LogP contribution in [0.3, 0.4) is 0 Å². The lowest BCUT2D eigenvalue weighted by molar-refractivity contribution is -0.160. The Hall–Kier alpha value is -4.05. The first-order valence-corrected chi connectivity index (χ1v) is 11.2. The highest BCUT2D eigenvalue weighted by molar-refractivity contribution is 7.81. The number of anilines is 2. The van der Waals surface area contributed by atoms with Gasteiger partial charge in [0.2, 0.25) is 0 Å². The van der Waals surface area contributed by atoms with E-state index in [-0.39, 0.29) is 28.9 Å². The Balaban J connectivity index is 2.27. The number of carbonyl (C=O) groups is 3. The van der Waals surface area contributed by atoms with Gasteiger partial charge in [-0.3, -0.25) is 24.2 Å². The molecule has 1 atom stereocenters. The molecule has 1 saturated heterocycles. The fraction of sp³-hybridized carbons (Fsp3) is 0.292. The number of hydrogen-bond acceptors (Lipinski definition) is 6. The number of ether oxygens (including phenoxy) is 1. The Morgan fingerprint density at radius 2 is 1.89 bits per heavy atom. The van der Waals surface area contributed by atoms with Crippen molar-refractivity contribution in [1.29, 1.82) is 5.26 Å². The summed E-state index contributed by atoms with van der Waals surface area (Å²) < 4.78 is 61.9. The zero-order valence-electron chi connectivity index (χ0n) is 20.0. The van der Waals surface area contributed by atoms with Gasteiger partial charge < -0.3 is 10.1 Å². The van der Waals surface area contributed by atoms with Crippen molar-refractivity contribution in [2.24, 2.45) is 0 Å². The van der Waals surface area contributed by atoms with Crippen LogP contribution in [0.4, 0.5) is 28.9 Å². The van der Waals surface area contributed by atoms with Gasteiger partial charge in [0.1, 0.15) is 5.82 Å². The zero-order chi connectivity index (χ0) is 27.9. The van der Waals surface area contributed by atoms with Gasteiger partial charge in [-0.1, -0.05) is 6.92 Å². The maximum absolute atomic E-state index is 14.8. The van der Waals surface area contributed by atoms with Gasteiger partial charge in [-0.15, -0.1) is 0 Å². The van der Waals surface area contributed by atoms with Crippen molar-refractivity contribution in [2.45, 2.75) is 39.1 Å². The summed E-state index contributed by atoms with van der Waals surface area (Å²) in [6, 6.07) is 6.82. The molecule has 2 aromatic rings. The molecule has 1 fully saturated rings. The molecule has 1 N–H and O–H groups in total. The molecular weight excluding hydrogens is 516 g/mol. The highest BCUT2D eigenvalue weighted by Crippen LogP contribution is 2.43. The summed E-state index contributed by atoms with van der Waals surface area (Å²) in [5.74, 6) is -3.64. The molecule has 37 heavy (non-hydrogen) atoms. The number of thiocarbonyl (C=S) groups is 1. The van der Waals surface area contributed by atoms with Gasteiger partial charge >= 0.3 is 12.1 Å². The third-order valence-electron chi connectivity index (χ3n) is 5.72. The lowest BCUT2D eigenvalue weighted by atomic mass is 9.96. The largest absolute Gasteiger partial charge is 0.429 e. The van der Waals surface area contributed by atoms with Crippen LogP contribution in [0.15, 0.2) is 30.3 Å². The van der Waals surface area contributed by atoms with Crippen LogP contribution in [-0.2, 0) is 26.9 Å². The average molecular weight is 537 g/mol. The number of amides is 2. The van der Waals surface area contributed by atoms with Crippen LogP contribution < -0.4 is 15.1 Å². The van der Waals surface area contributed by atoms with Gasteiger partial charge in [0.05, 0.1) is 34.1 Å². The summed E-state index contributed by atoms with van der Waals surface area (Å²) in [6.07, 6.45) is -5.15. The maximum Gasteiger partial charge on any atom is 0.418 e. The van der Waals surface area contributed by atoms with E-state index in [2.05, 4.69) is 5.32 Å². The molecule has 1 unspecified atom stereocenters. The van der Waals surface area contributed by atoms with Crippen LogP contribution in [0.25, 0.3) is 0 Å². The molecule has 0 spiro atoms. The van der Waals surface area contributed by atoms with E-state index in [1.165, 1.54) is 26.1 Å². The number of nitrogens with zero attached hydrogens (tertiary/aromatic N) is 3. The van der Waals surface area contributed by atoms with E-state index in [9.17, 15) is 37.2 Å². The Morgan fingerprint density at radius 3 is 2.38 bits per heavy atom. The van der Waals surface area contributed by atoms with E-state index in [0.29, 0.717) is 0 Å². The second-order valence-electron chi connectivity index (χ2n) is 8.03. The number of halogens is 4. The van der Waals surface area contributed by atoms with Gasteiger partial charge in [0.15, 0.2) is 5.11 Å². The Kier molecular flexibility index (Phi) is 7.28.